The second-order valence-electron chi connectivity index (χ2n) is 9.29. The summed E-state index contributed by atoms with van der Waals surface area (Å²) in [6.45, 7) is 0. The zero-order chi connectivity index (χ0) is 21.9. The molecule has 3 aliphatic heterocycles. The van der Waals surface area contributed by atoms with E-state index in [1.807, 2.05) is 53.6 Å². The summed E-state index contributed by atoms with van der Waals surface area (Å²) in [5, 5.41) is 8.32. The molecule has 0 saturated heterocycles. The fourth-order valence-corrected chi connectivity index (χ4v) is 6.91. The summed E-state index contributed by atoms with van der Waals surface area (Å²) in [5.41, 5.74) is 5.32. The fourth-order valence-electron chi connectivity index (χ4n) is 6.91. The van der Waals surface area contributed by atoms with Gasteiger partial charge in [-0.05, 0) is 53.3 Å². The third-order valence-corrected chi connectivity index (χ3v) is 7.99. The smallest absolute Gasteiger partial charge is 0.337 e. The zero-order valence-corrected chi connectivity index (χ0v) is 17.6. The summed E-state index contributed by atoms with van der Waals surface area (Å²) in [6.07, 6.45) is 5.92. The first kappa shape index (κ1) is 15.9. The number of benzene rings is 3. The Hall–Kier alpha value is -4.78. The van der Waals surface area contributed by atoms with E-state index in [1.165, 1.54) is 0 Å². The lowest BCUT2D eigenvalue weighted by molar-refractivity contribution is -0.989. The van der Waals surface area contributed by atoms with Gasteiger partial charge in [0.15, 0.2) is 17.2 Å². The number of rotatable bonds is 0. The molecule has 0 fully saturated rings. The maximum atomic E-state index is 13.8. The molecule has 0 saturated carbocycles. The number of hydrogen-bond donors (Lipinski definition) is 0. The molecule has 0 amide bonds. The van der Waals surface area contributed by atoms with Crippen LogP contribution in [0.5, 0.6) is 11.5 Å². The Balaban J connectivity index is 1.65. The number of aromatic nitrogens is 5. The lowest BCUT2D eigenvalue weighted by Gasteiger charge is -2.33. The van der Waals surface area contributed by atoms with Gasteiger partial charge in [-0.25, -0.2) is 0 Å². The molecule has 0 bridgehead atoms. The third-order valence-electron chi connectivity index (χ3n) is 7.99. The van der Waals surface area contributed by atoms with Crippen LogP contribution < -0.4 is 19.4 Å². The van der Waals surface area contributed by atoms with E-state index in [-0.39, 0.29) is 5.43 Å². The molecule has 10 rings (SSSR count). The first-order valence-electron chi connectivity index (χ1n) is 11.3. The normalized spacial score (nSPS) is 18.5. The van der Waals surface area contributed by atoms with Crippen LogP contribution in [0.2, 0.25) is 0 Å². The van der Waals surface area contributed by atoms with E-state index < -0.39 is 5.66 Å². The van der Waals surface area contributed by atoms with Gasteiger partial charge < -0.3 is 4.74 Å². The predicted octanol–water partition coefficient (Wildman–Crippen LogP) is 2.99. The van der Waals surface area contributed by atoms with Crippen molar-refractivity contribution in [3.8, 4) is 17.2 Å². The van der Waals surface area contributed by atoms with Crippen LogP contribution in [-0.2, 0) is 5.66 Å². The Labute approximate surface area is 190 Å². The average Bonchev–Trinajstić information content (AvgIpc) is 3.55. The highest BCUT2D eigenvalue weighted by Crippen LogP contribution is 2.54. The molecule has 3 aromatic carbocycles. The van der Waals surface area contributed by atoms with Gasteiger partial charge >= 0.3 is 11.3 Å². The van der Waals surface area contributed by atoms with E-state index in [0.717, 1.165) is 61.2 Å². The van der Waals surface area contributed by atoms with Crippen LogP contribution >= 0.6 is 0 Å². The van der Waals surface area contributed by atoms with Crippen LogP contribution in [0.25, 0.3) is 43.9 Å². The van der Waals surface area contributed by atoms with E-state index in [9.17, 15) is 4.79 Å². The highest BCUT2D eigenvalue weighted by molar-refractivity contribution is 6.18. The molecule has 1 spiro atoms. The number of nitrogens with zero attached hydrogens (tertiary/aromatic N) is 5. The average molecular weight is 439 g/mol. The minimum Gasteiger partial charge on any atom is -0.456 e. The van der Waals surface area contributed by atoms with Gasteiger partial charge in [-0.2, -0.15) is 8.97 Å². The van der Waals surface area contributed by atoms with Gasteiger partial charge in [0.25, 0.3) is 0 Å². The number of fused-ring (bicyclic) bond motifs is 3. The van der Waals surface area contributed by atoms with E-state index >= 15 is 0 Å². The molecular formula is C27H13N5O2+2. The van der Waals surface area contributed by atoms with E-state index in [0.29, 0.717) is 5.39 Å². The molecule has 7 nitrogen and oxygen atoms in total. The van der Waals surface area contributed by atoms with Gasteiger partial charge in [-0.15, -0.1) is 4.68 Å². The summed E-state index contributed by atoms with van der Waals surface area (Å²) >= 11 is 0. The molecule has 1 atom stereocenters. The third kappa shape index (κ3) is 1.29. The molecule has 34 heavy (non-hydrogen) atoms. The van der Waals surface area contributed by atoms with Gasteiger partial charge in [0.2, 0.25) is 11.6 Å². The van der Waals surface area contributed by atoms with Crippen molar-refractivity contribution in [1.82, 2.24) is 14.3 Å². The quantitative estimate of drug-likeness (QED) is 0.270. The van der Waals surface area contributed by atoms with Gasteiger partial charge in [-0.1, -0.05) is 12.1 Å². The first-order chi connectivity index (χ1) is 16.8. The van der Waals surface area contributed by atoms with Crippen LogP contribution in [0.15, 0.2) is 84.0 Å². The van der Waals surface area contributed by atoms with E-state index in [2.05, 4.69) is 49.2 Å². The lowest BCUT2D eigenvalue weighted by atomic mass is 9.84. The molecule has 4 aromatic heterocycles. The zero-order valence-electron chi connectivity index (χ0n) is 17.6. The highest BCUT2D eigenvalue weighted by atomic mass is 16.5. The maximum absolute atomic E-state index is 13.8. The molecule has 7 heterocycles. The summed E-state index contributed by atoms with van der Waals surface area (Å²) in [4.78, 5) is 15.7. The van der Waals surface area contributed by atoms with Gasteiger partial charge in [0.05, 0.1) is 11.6 Å². The van der Waals surface area contributed by atoms with Crippen LogP contribution in [0.4, 0.5) is 0 Å². The molecular weight excluding hydrogens is 426 g/mol. The lowest BCUT2D eigenvalue weighted by Crippen LogP contribution is -2.76. The van der Waals surface area contributed by atoms with Gasteiger partial charge in [0, 0.05) is 15.9 Å². The second kappa shape index (κ2) is 4.63. The van der Waals surface area contributed by atoms with Crippen molar-refractivity contribution in [2.24, 2.45) is 0 Å². The van der Waals surface area contributed by atoms with Crippen LogP contribution in [0, 0.1) is 0 Å². The molecule has 0 radical (unpaired) electrons. The van der Waals surface area contributed by atoms with Crippen molar-refractivity contribution in [2.75, 3.05) is 0 Å². The van der Waals surface area contributed by atoms with Crippen molar-refractivity contribution in [3.63, 3.8) is 0 Å². The van der Waals surface area contributed by atoms with Crippen molar-refractivity contribution in [1.29, 1.82) is 0 Å². The SMILES string of the molecule is O=c1c2cccc3c4ccc5c6c4n(c23)c2c1ccc[n+]2C61c2c(cccc2-n2ncc[n+]21)O5. The summed E-state index contributed by atoms with van der Waals surface area (Å²) in [6, 6.07) is 20.2. The molecule has 1 unspecified atom stereocenters. The fraction of sp³-hybridized carbons (Fsp3) is 0.0370. The Morgan fingerprint density at radius 1 is 0.794 bits per heavy atom. The second-order valence-corrected chi connectivity index (χ2v) is 9.29. The van der Waals surface area contributed by atoms with Crippen molar-refractivity contribution >= 4 is 38.2 Å². The van der Waals surface area contributed by atoms with E-state index in [1.54, 1.807) is 0 Å². The number of pyridine rings is 2. The number of hydrogen-bond acceptors (Lipinski definition) is 3. The Morgan fingerprint density at radius 3 is 2.59 bits per heavy atom. The van der Waals surface area contributed by atoms with Crippen LogP contribution in [0.3, 0.4) is 0 Å². The molecule has 0 N–H and O–H groups in total. The Bertz CT molecular complexity index is 2190. The van der Waals surface area contributed by atoms with Crippen molar-refractivity contribution in [2.45, 2.75) is 5.66 Å². The number of ether oxygens (including phenoxy) is 1. The van der Waals surface area contributed by atoms with Gasteiger partial charge in [0.1, 0.15) is 33.7 Å². The molecule has 156 valence electrons. The van der Waals surface area contributed by atoms with Crippen molar-refractivity contribution in [3.05, 3.63) is 101 Å². The summed E-state index contributed by atoms with van der Waals surface area (Å²) in [7, 11) is 0. The largest absolute Gasteiger partial charge is 0.456 e. The minimum atomic E-state index is -0.761. The number of para-hydroxylation sites is 1. The predicted molar refractivity (Wildman–Crippen MR) is 123 cm³/mol. The monoisotopic (exact) mass is 439 g/mol. The molecule has 3 aliphatic rings. The summed E-state index contributed by atoms with van der Waals surface area (Å²) < 4.78 is 13.3. The molecule has 0 aliphatic carbocycles. The van der Waals surface area contributed by atoms with Crippen molar-refractivity contribution < 1.29 is 14.0 Å². The topological polar surface area (TPSA) is 56.3 Å². The Morgan fingerprint density at radius 2 is 1.62 bits per heavy atom. The van der Waals surface area contributed by atoms with Crippen LogP contribution in [-0.4, -0.2) is 14.3 Å². The Kier molecular flexibility index (Phi) is 2.17. The highest BCUT2D eigenvalue weighted by Gasteiger charge is 2.65. The first-order valence-corrected chi connectivity index (χ1v) is 11.3. The van der Waals surface area contributed by atoms with E-state index in [4.69, 9.17) is 4.74 Å². The standard InChI is InChI=1S/C27H13N5O2/c33-25-16-5-1-4-14-15-9-10-20-22-24(15)31(23(14)16)26-17(25)6-3-12-29(26)27(22)21-18(7-2-8-19(21)34-20)32-28-11-13-30(27)32/h1-13H/q+2. The van der Waals surface area contributed by atoms with Crippen LogP contribution in [0.1, 0.15) is 11.1 Å². The minimum absolute atomic E-state index is 0.0578. The maximum Gasteiger partial charge on any atom is 0.337 e. The molecule has 7 heteroatoms. The van der Waals surface area contributed by atoms with Gasteiger partial charge in [-0.3, -0.25) is 4.79 Å². The molecule has 7 aromatic rings. The summed E-state index contributed by atoms with van der Waals surface area (Å²) in [5.74, 6) is 1.63.